The number of likely N-dealkylation sites (tertiary alicyclic amines) is 1. The van der Waals surface area contributed by atoms with E-state index in [2.05, 4.69) is 27.1 Å². The highest BCUT2D eigenvalue weighted by molar-refractivity contribution is 7.89. The van der Waals surface area contributed by atoms with Crippen molar-refractivity contribution >= 4 is 15.9 Å². The molecule has 2 aromatic carbocycles. The van der Waals surface area contributed by atoms with Gasteiger partial charge in [0.25, 0.3) is 5.91 Å². The minimum atomic E-state index is -3.61. The maximum Gasteiger partial charge on any atom is 0.251 e. The Hall–Kier alpha value is -2.22. The fourth-order valence-electron chi connectivity index (χ4n) is 4.22. The third-order valence-corrected chi connectivity index (χ3v) is 7.67. The zero-order valence-corrected chi connectivity index (χ0v) is 19.3. The zero-order chi connectivity index (χ0) is 22.4. The van der Waals surface area contributed by atoms with Gasteiger partial charge in [-0.2, -0.15) is 0 Å². The number of sulfonamides is 1. The van der Waals surface area contributed by atoms with Gasteiger partial charge in [0.2, 0.25) is 10.0 Å². The molecule has 6 nitrogen and oxygen atoms in total. The highest BCUT2D eigenvalue weighted by atomic mass is 32.2. The molecule has 2 N–H and O–H groups in total. The molecule has 1 amide bonds. The lowest BCUT2D eigenvalue weighted by Gasteiger charge is -2.31. The topological polar surface area (TPSA) is 78.5 Å². The van der Waals surface area contributed by atoms with Crippen LogP contribution in [0.5, 0.6) is 0 Å². The van der Waals surface area contributed by atoms with Crippen molar-refractivity contribution in [3.05, 3.63) is 65.7 Å². The molecule has 2 fully saturated rings. The molecule has 172 valence electrons. The standard InChI is InChI=1S/C25H33N3O3S/c29-25(22-10-7-11-24(17-22)32(30,31)26-18-21-12-13-21)27-23(16-20-8-3-1-4-9-20)19-28-14-5-2-6-15-28/h1,3-4,7-11,17,21,23,26H,2,5-6,12-16,18-19H2,(H,27,29)/t23-/m0/s1. The molecule has 0 spiro atoms. The van der Waals surface area contributed by atoms with Gasteiger partial charge in [-0.15, -0.1) is 0 Å². The van der Waals surface area contributed by atoms with Crippen LogP contribution in [-0.4, -0.2) is 51.4 Å². The van der Waals surface area contributed by atoms with Crippen molar-refractivity contribution in [3.8, 4) is 0 Å². The van der Waals surface area contributed by atoms with E-state index in [-0.39, 0.29) is 16.8 Å². The van der Waals surface area contributed by atoms with Crippen LogP contribution in [0.3, 0.4) is 0 Å². The van der Waals surface area contributed by atoms with E-state index in [1.807, 2.05) is 18.2 Å². The van der Waals surface area contributed by atoms with Crippen LogP contribution in [0.1, 0.15) is 48.0 Å². The number of carbonyl (C=O) groups excluding carboxylic acids is 1. The van der Waals surface area contributed by atoms with E-state index < -0.39 is 10.0 Å². The molecule has 0 radical (unpaired) electrons. The van der Waals surface area contributed by atoms with Crippen molar-refractivity contribution in [2.24, 2.45) is 5.92 Å². The summed E-state index contributed by atoms with van der Waals surface area (Å²) in [5.41, 5.74) is 1.55. The first kappa shape index (κ1) is 23.0. The highest BCUT2D eigenvalue weighted by Gasteiger charge is 2.25. The molecule has 0 bridgehead atoms. The van der Waals surface area contributed by atoms with Gasteiger partial charge in [0.15, 0.2) is 0 Å². The van der Waals surface area contributed by atoms with Gasteiger partial charge in [0.1, 0.15) is 0 Å². The number of hydrogen-bond acceptors (Lipinski definition) is 4. The number of piperidine rings is 1. The third-order valence-electron chi connectivity index (χ3n) is 6.25. The van der Waals surface area contributed by atoms with Crippen LogP contribution in [0.2, 0.25) is 0 Å². The molecule has 2 aliphatic rings. The summed E-state index contributed by atoms with van der Waals surface area (Å²) in [6, 6.07) is 16.5. The molecule has 32 heavy (non-hydrogen) atoms. The first-order valence-electron chi connectivity index (χ1n) is 11.7. The number of nitrogens with one attached hydrogen (secondary N) is 2. The molecule has 1 atom stereocenters. The zero-order valence-electron chi connectivity index (χ0n) is 18.5. The van der Waals surface area contributed by atoms with E-state index in [0.717, 1.165) is 38.9 Å². The molecule has 4 rings (SSSR count). The molecule has 1 heterocycles. The van der Waals surface area contributed by atoms with Crippen LogP contribution in [-0.2, 0) is 16.4 Å². The van der Waals surface area contributed by atoms with Gasteiger partial charge in [-0.25, -0.2) is 13.1 Å². The lowest BCUT2D eigenvalue weighted by molar-refractivity contribution is 0.0920. The van der Waals surface area contributed by atoms with Crippen LogP contribution in [0.4, 0.5) is 0 Å². The first-order valence-corrected chi connectivity index (χ1v) is 13.1. The van der Waals surface area contributed by atoms with Gasteiger partial charge in [-0.1, -0.05) is 42.8 Å². The number of amides is 1. The van der Waals surface area contributed by atoms with Gasteiger partial charge >= 0.3 is 0 Å². The molecule has 1 aliphatic heterocycles. The minimum absolute atomic E-state index is 0.0451. The summed E-state index contributed by atoms with van der Waals surface area (Å²) in [5, 5.41) is 3.17. The van der Waals surface area contributed by atoms with Crippen LogP contribution in [0.15, 0.2) is 59.5 Å². The maximum absolute atomic E-state index is 13.1. The van der Waals surface area contributed by atoms with Crippen LogP contribution >= 0.6 is 0 Å². The number of benzene rings is 2. The average Bonchev–Trinajstić information content (AvgIpc) is 3.64. The molecule has 1 saturated heterocycles. The van der Waals surface area contributed by atoms with Crippen molar-refractivity contribution in [1.82, 2.24) is 14.9 Å². The Balaban J connectivity index is 1.45. The number of hydrogen-bond donors (Lipinski definition) is 2. The van der Waals surface area contributed by atoms with Gasteiger partial charge in [-0.3, -0.25) is 4.79 Å². The fourth-order valence-corrected chi connectivity index (χ4v) is 5.38. The summed E-state index contributed by atoms with van der Waals surface area (Å²) in [6.45, 7) is 3.37. The van der Waals surface area contributed by atoms with Crippen molar-refractivity contribution in [3.63, 3.8) is 0 Å². The summed E-state index contributed by atoms with van der Waals surface area (Å²) >= 11 is 0. The SMILES string of the molecule is O=C(N[C@@H](Cc1ccccc1)CN1CCCCC1)c1cccc(S(=O)(=O)NCC2CC2)c1. The van der Waals surface area contributed by atoms with Crippen LogP contribution < -0.4 is 10.0 Å². The summed E-state index contributed by atoms with van der Waals surface area (Å²) in [4.78, 5) is 15.7. The molecule has 0 aromatic heterocycles. The summed E-state index contributed by atoms with van der Waals surface area (Å²) in [5.74, 6) is 0.215. The molecular weight excluding hydrogens is 422 g/mol. The fraction of sp³-hybridized carbons (Fsp3) is 0.480. The molecule has 1 saturated carbocycles. The highest BCUT2D eigenvalue weighted by Crippen LogP contribution is 2.28. The Kier molecular flexibility index (Phi) is 7.60. The summed E-state index contributed by atoms with van der Waals surface area (Å²) in [7, 11) is -3.61. The van der Waals surface area contributed by atoms with Gasteiger partial charge in [-0.05, 0) is 74.9 Å². The van der Waals surface area contributed by atoms with E-state index in [0.29, 0.717) is 18.0 Å². The number of nitrogens with zero attached hydrogens (tertiary/aromatic N) is 1. The Morgan fingerprint density at radius 3 is 2.47 bits per heavy atom. The Bertz CT molecular complexity index is 1000. The Labute approximate surface area is 191 Å². The quantitative estimate of drug-likeness (QED) is 0.577. The lowest BCUT2D eigenvalue weighted by atomic mass is 10.0. The van der Waals surface area contributed by atoms with E-state index >= 15 is 0 Å². The van der Waals surface area contributed by atoms with Crippen molar-refractivity contribution in [1.29, 1.82) is 0 Å². The Morgan fingerprint density at radius 1 is 1.00 bits per heavy atom. The monoisotopic (exact) mass is 455 g/mol. The molecular formula is C25H33N3O3S. The second-order valence-electron chi connectivity index (χ2n) is 9.04. The number of carbonyl (C=O) groups is 1. The average molecular weight is 456 g/mol. The van der Waals surface area contributed by atoms with Crippen molar-refractivity contribution < 1.29 is 13.2 Å². The van der Waals surface area contributed by atoms with E-state index in [1.54, 1.807) is 18.2 Å². The predicted molar refractivity (Wildman–Crippen MR) is 126 cm³/mol. The molecule has 1 aliphatic carbocycles. The van der Waals surface area contributed by atoms with Gasteiger partial charge in [0.05, 0.1) is 4.90 Å². The smallest absolute Gasteiger partial charge is 0.251 e. The maximum atomic E-state index is 13.1. The van der Waals surface area contributed by atoms with E-state index in [1.165, 1.54) is 30.9 Å². The van der Waals surface area contributed by atoms with Gasteiger partial charge in [0, 0.05) is 24.7 Å². The normalized spacial score (nSPS) is 18.2. The first-order chi connectivity index (χ1) is 15.5. The van der Waals surface area contributed by atoms with Gasteiger partial charge < -0.3 is 10.2 Å². The minimum Gasteiger partial charge on any atom is -0.348 e. The summed E-state index contributed by atoms with van der Waals surface area (Å²) < 4.78 is 27.9. The van der Waals surface area contributed by atoms with Crippen LogP contribution in [0, 0.1) is 5.92 Å². The number of rotatable bonds is 10. The van der Waals surface area contributed by atoms with Crippen molar-refractivity contribution in [2.75, 3.05) is 26.2 Å². The largest absolute Gasteiger partial charge is 0.348 e. The van der Waals surface area contributed by atoms with Crippen molar-refractivity contribution in [2.45, 2.75) is 49.5 Å². The molecule has 0 unspecified atom stereocenters. The van der Waals surface area contributed by atoms with Crippen LogP contribution in [0.25, 0.3) is 0 Å². The predicted octanol–water partition coefficient (Wildman–Crippen LogP) is 3.20. The second kappa shape index (κ2) is 10.6. The molecule has 7 heteroatoms. The van der Waals surface area contributed by atoms with E-state index in [4.69, 9.17) is 0 Å². The molecule has 2 aromatic rings. The third kappa shape index (κ3) is 6.64. The second-order valence-corrected chi connectivity index (χ2v) is 10.8. The summed E-state index contributed by atoms with van der Waals surface area (Å²) in [6.07, 6.45) is 6.54. The Morgan fingerprint density at radius 2 is 1.75 bits per heavy atom. The lowest BCUT2D eigenvalue weighted by Crippen LogP contribution is -2.46. The van der Waals surface area contributed by atoms with E-state index in [9.17, 15) is 13.2 Å².